The number of methoxy groups -OCH3 is 1. The molecule has 2 heterocycles. The number of aryl methyl sites for hydroxylation is 2. The van der Waals surface area contributed by atoms with Crippen molar-refractivity contribution < 1.29 is 9.53 Å². The molecule has 164 valence electrons. The van der Waals surface area contributed by atoms with Crippen molar-refractivity contribution in [3.63, 3.8) is 0 Å². The average Bonchev–Trinajstić information content (AvgIpc) is 3.22. The van der Waals surface area contributed by atoms with Crippen LogP contribution in [-0.2, 0) is 4.79 Å². The number of amides is 1. The molecular weight excluding hydrogens is 388 g/mol. The van der Waals surface area contributed by atoms with Gasteiger partial charge >= 0.3 is 0 Å². The molecule has 4 rings (SSSR count). The molecular formula is C25H32N4O2. The van der Waals surface area contributed by atoms with Crippen LogP contribution in [0.4, 0.5) is 0 Å². The molecule has 0 aromatic heterocycles. The summed E-state index contributed by atoms with van der Waals surface area (Å²) in [5, 5.41) is 6.58. The Morgan fingerprint density at radius 1 is 1.10 bits per heavy atom. The number of hydrazone groups is 1. The highest BCUT2D eigenvalue weighted by atomic mass is 16.5. The Labute approximate surface area is 185 Å². The average molecular weight is 421 g/mol. The fourth-order valence-corrected chi connectivity index (χ4v) is 4.42. The van der Waals surface area contributed by atoms with Crippen molar-refractivity contribution >= 4 is 11.6 Å². The van der Waals surface area contributed by atoms with Crippen LogP contribution < -0.4 is 4.74 Å². The first-order valence-electron chi connectivity index (χ1n) is 11.0. The van der Waals surface area contributed by atoms with Crippen molar-refractivity contribution in [2.24, 2.45) is 5.10 Å². The molecule has 0 bridgehead atoms. The first kappa shape index (κ1) is 21.5. The smallest absolute Gasteiger partial charge is 0.257 e. The first-order chi connectivity index (χ1) is 15.0. The molecule has 1 fully saturated rings. The van der Waals surface area contributed by atoms with Crippen LogP contribution in [0.3, 0.4) is 0 Å². The van der Waals surface area contributed by atoms with Crippen LogP contribution in [0.5, 0.6) is 5.75 Å². The second-order valence-corrected chi connectivity index (χ2v) is 8.64. The Balaban J connectivity index is 1.65. The Morgan fingerprint density at radius 3 is 2.58 bits per heavy atom. The number of carbonyl (C=O) groups is 1. The maximum Gasteiger partial charge on any atom is 0.257 e. The van der Waals surface area contributed by atoms with Crippen LogP contribution in [0.15, 0.2) is 47.6 Å². The largest absolute Gasteiger partial charge is 0.496 e. The van der Waals surface area contributed by atoms with Gasteiger partial charge in [-0.15, -0.1) is 0 Å². The molecule has 2 aliphatic heterocycles. The van der Waals surface area contributed by atoms with Gasteiger partial charge in [0.25, 0.3) is 5.91 Å². The number of ether oxygens (including phenoxy) is 1. The number of rotatable bonds is 5. The molecule has 2 aromatic rings. The number of hydrogen-bond donors (Lipinski definition) is 0. The van der Waals surface area contributed by atoms with Gasteiger partial charge in [-0.05, 0) is 44.2 Å². The number of nitrogens with zero attached hydrogens (tertiary/aromatic N) is 4. The van der Waals surface area contributed by atoms with E-state index < -0.39 is 0 Å². The predicted molar refractivity (Wildman–Crippen MR) is 124 cm³/mol. The summed E-state index contributed by atoms with van der Waals surface area (Å²) in [7, 11) is 3.80. The van der Waals surface area contributed by atoms with Gasteiger partial charge in [0.15, 0.2) is 0 Å². The molecule has 0 aliphatic carbocycles. The molecule has 1 unspecified atom stereocenters. The lowest BCUT2D eigenvalue weighted by Crippen LogP contribution is -2.48. The molecule has 0 spiro atoms. The van der Waals surface area contributed by atoms with Gasteiger partial charge in [0, 0.05) is 38.2 Å². The van der Waals surface area contributed by atoms with Gasteiger partial charge in [-0.3, -0.25) is 9.69 Å². The summed E-state index contributed by atoms with van der Waals surface area (Å²) >= 11 is 0. The van der Waals surface area contributed by atoms with Crippen LogP contribution in [0.25, 0.3) is 0 Å². The molecule has 1 amide bonds. The summed E-state index contributed by atoms with van der Waals surface area (Å²) in [5.74, 6) is 0.842. The highest BCUT2D eigenvalue weighted by Crippen LogP contribution is 2.36. The number of benzene rings is 2. The Kier molecular flexibility index (Phi) is 6.39. The van der Waals surface area contributed by atoms with E-state index in [-0.39, 0.29) is 11.9 Å². The van der Waals surface area contributed by atoms with Crippen molar-refractivity contribution in [2.45, 2.75) is 26.3 Å². The lowest BCUT2D eigenvalue weighted by atomic mass is 9.93. The molecule has 0 saturated carbocycles. The van der Waals surface area contributed by atoms with Gasteiger partial charge in [-0.1, -0.05) is 35.9 Å². The standard InChI is InChI=1S/C25H32N4O2/c1-18-9-10-19(2)21(15-18)23-16-22(20-7-5-6-8-24(20)31-4)26-29(23)25(30)17-28-13-11-27(3)12-14-28/h5-10,15,23H,11-14,16-17H2,1-4H3. The van der Waals surface area contributed by atoms with Gasteiger partial charge in [-0.25, -0.2) is 5.01 Å². The molecule has 0 radical (unpaired) electrons. The quantitative estimate of drug-likeness (QED) is 0.745. The van der Waals surface area contributed by atoms with Crippen molar-refractivity contribution in [3.05, 3.63) is 64.7 Å². The minimum atomic E-state index is -0.0974. The highest BCUT2D eigenvalue weighted by Gasteiger charge is 2.35. The predicted octanol–water partition coefficient (Wildman–Crippen LogP) is 3.24. The fourth-order valence-electron chi connectivity index (χ4n) is 4.42. The molecule has 31 heavy (non-hydrogen) atoms. The Bertz CT molecular complexity index is 979. The van der Waals surface area contributed by atoms with Gasteiger partial charge in [0.2, 0.25) is 0 Å². The van der Waals surface area contributed by atoms with E-state index in [4.69, 9.17) is 9.84 Å². The monoisotopic (exact) mass is 420 g/mol. The van der Waals surface area contributed by atoms with Gasteiger partial charge < -0.3 is 9.64 Å². The molecule has 2 aromatic carbocycles. The van der Waals surface area contributed by atoms with Gasteiger partial charge in [0.05, 0.1) is 25.4 Å². The lowest BCUT2D eigenvalue weighted by molar-refractivity contribution is -0.134. The number of hydrogen-bond acceptors (Lipinski definition) is 5. The summed E-state index contributed by atoms with van der Waals surface area (Å²) in [6.07, 6.45) is 0.680. The zero-order chi connectivity index (χ0) is 22.0. The van der Waals surface area contributed by atoms with E-state index in [1.807, 2.05) is 24.3 Å². The van der Waals surface area contributed by atoms with Gasteiger partial charge in [0.1, 0.15) is 5.75 Å². The molecule has 1 atom stereocenters. The second-order valence-electron chi connectivity index (χ2n) is 8.64. The normalized spacial score (nSPS) is 20.1. The molecule has 1 saturated heterocycles. The van der Waals surface area contributed by atoms with E-state index in [0.717, 1.165) is 43.2 Å². The van der Waals surface area contributed by atoms with E-state index in [2.05, 4.69) is 48.9 Å². The maximum atomic E-state index is 13.4. The van der Waals surface area contributed by atoms with Gasteiger partial charge in [-0.2, -0.15) is 5.10 Å². The van der Waals surface area contributed by atoms with E-state index in [1.165, 1.54) is 16.7 Å². The van der Waals surface area contributed by atoms with E-state index in [1.54, 1.807) is 12.1 Å². The van der Waals surface area contributed by atoms with E-state index in [9.17, 15) is 4.79 Å². The van der Waals surface area contributed by atoms with Crippen molar-refractivity contribution in [2.75, 3.05) is 46.9 Å². The lowest BCUT2D eigenvalue weighted by Gasteiger charge is -2.33. The minimum Gasteiger partial charge on any atom is -0.496 e. The zero-order valence-corrected chi connectivity index (χ0v) is 19.0. The first-order valence-corrected chi connectivity index (χ1v) is 11.0. The number of carbonyl (C=O) groups excluding carboxylic acids is 1. The second kappa shape index (κ2) is 9.20. The Morgan fingerprint density at radius 2 is 1.84 bits per heavy atom. The summed E-state index contributed by atoms with van der Waals surface area (Å²) in [5.41, 5.74) is 5.40. The summed E-state index contributed by atoms with van der Waals surface area (Å²) in [6, 6.07) is 14.3. The minimum absolute atomic E-state index is 0.0559. The number of para-hydroxylation sites is 1. The van der Waals surface area contributed by atoms with Crippen molar-refractivity contribution in [3.8, 4) is 5.75 Å². The SMILES string of the molecule is COc1ccccc1C1=NN(C(=O)CN2CCN(C)CC2)C(c2cc(C)ccc2C)C1. The molecule has 2 aliphatic rings. The van der Waals surface area contributed by atoms with Crippen LogP contribution in [0, 0.1) is 13.8 Å². The highest BCUT2D eigenvalue weighted by molar-refractivity contribution is 6.05. The number of piperazine rings is 1. The van der Waals surface area contributed by atoms with Crippen molar-refractivity contribution in [1.82, 2.24) is 14.8 Å². The number of likely N-dealkylation sites (N-methyl/N-ethyl adjacent to an activating group) is 1. The molecule has 0 N–H and O–H groups in total. The topological polar surface area (TPSA) is 48.4 Å². The summed E-state index contributed by atoms with van der Waals surface area (Å²) in [6.45, 7) is 8.40. The van der Waals surface area contributed by atoms with Crippen LogP contribution >= 0.6 is 0 Å². The van der Waals surface area contributed by atoms with Crippen LogP contribution in [0.2, 0.25) is 0 Å². The third kappa shape index (κ3) is 4.65. The Hall–Kier alpha value is -2.70. The third-order valence-corrected chi connectivity index (χ3v) is 6.33. The molecule has 6 heteroatoms. The third-order valence-electron chi connectivity index (χ3n) is 6.33. The summed E-state index contributed by atoms with van der Waals surface area (Å²) in [4.78, 5) is 18.0. The van der Waals surface area contributed by atoms with Crippen LogP contribution in [-0.4, -0.2) is 73.3 Å². The van der Waals surface area contributed by atoms with Crippen LogP contribution in [0.1, 0.15) is 34.7 Å². The van der Waals surface area contributed by atoms with Crippen molar-refractivity contribution in [1.29, 1.82) is 0 Å². The maximum absolute atomic E-state index is 13.4. The van der Waals surface area contributed by atoms with E-state index in [0.29, 0.717) is 13.0 Å². The zero-order valence-electron chi connectivity index (χ0n) is 19.0. The van der Waals surface area contributed by atoms with E-state index >= 15 is 0 Å². The summed E-state index contributed by atoms with van der Waals surface area (Å²) < 4.78 is 5.57. The molecule has 6 nitrogen and oxygen atoms in total. The fraction of sp³-hybridized carbons (Fsp3) is 0.440.